The van der Waals surface area contributed by atoms with Crippen LogP contribution in [0.15, 0.2) is 78.9 Å². The third-order valence-electron chi connectivity index (χ3n) is 5.41. The van der Waals surface area contributed by atoms with Crippen molar-refractivity contribution in [1.82, 2.24) is 0 Å². The Morgan fingerprint density at radius 2 is 1.23 bits per heavy atom. The highest BCUT2D eigenvalue weighted by Crippen LogP contribution is 2.37. The summed E-state index contributed by atoms with van der Waals surface area (Å²) in [5, 5.41) is 0. The molecule has 183 valence electrons. The van der Waals surface area contributed by atoms with E-state index in [1.54, 1.807) is 48.5 Å². The monoisotopic (exact) mass is 489 g/mol. The van der Waals surface area contributed by atoms with Crippen LogP contribution >= 0.6 is 0 Å². The van der Waals surface area contributed by atoms with Crippen molar-refractivity contribution in [2.75, 3.05) is 0 Å². The van der Waals surface area contributed by atoms with Gasteiger partial charge < -0.3 is 13.9 Å². The lowest BCUT2D eigenvalue weighted by Crippen LogP contribution is -2.26. The topological polar surface area (TPSA) is 61.8 Å². The second-order valence-electron chi connectivity index (χ2n) is 9.68. The Labute approximate surface area is 209 Å². The molecule has 1 atom stereocenters. The number of carbonyl (C=O) groups is 2. The van der Waals surface area contributed by atoms with E-state index in [1.165, 1.54) is 0 Å². The highest BCUT2D eigenvalue weighted by molar-refractivity contribution is 6.48. The van der Waals surface area contributed by atoms with Gasteiger partial charge in [0.2, 0.25) is 9.04 Å². The van der Waals surface area contributed by atoms with Crippen LogP contribution in [0.25, 0.3) is 0 Å². The first-order chi connectivity index (χ1) is 16.6. The van der Waals surface area contributed by atoms with Crippen LogP contribution in [0.2, 0.25) is 13.1 Å². The second-order valence-corrected chi connectivity index (χ2v) is 11.7. The fourth-order valence-corrected chi connectivity index (χ4v) is 4.63. The number of carbonyl (C=O) groups excluding carboxylic acids is 2. The summed E-state index contributed by atoms with van der Waals surface area (Å²) in [6.07, 6.45) is -0.115. The zero-order valence-electron chi connectivity index (χ0n) is 21.0. The van der Waals surface area contributed by atoms with Crippen molar-refractivity contribution in [1.29, 1.82) is 0 Å². The van der Waals surface area contributed by atoms with E-state index in [1.807, 2.05) is 30.3 Å². The van der Waals surface area contributed by atoms with Crippen molar-refractivity contribution in [3.63, 3.8) is 0 Å². The molecule has 0 aliphatic heterocycles. The van der Waals surface area contributed by atoms with Crippen molar-refractivity contribution in [2.45, 2.75) is 53.2 Å². The molecule has 0 fully saturated rings. The van der Waals surface area contributed by atoms with E-state index in [0.717, 1.165) is 16.7 Å². The number of ether oxygens (including phenoxy) is 2. The van der Waals surface area contributed by atoms with Crippen molar-refractivity contribution >= 4 is 21.0 Å². The summed E-state index contributed by atoms with van der Waals surface area (Å²) >= 11 is 0. The minimum Gasteiger partial charge on any atom is -0.457 e. The lowest BCUT2D eigenvalue weighted by molar-refractivity contribution is 0.0434. The standard InChI is InChI=1S/C29H33O5Si/c1-29(2,3)26(34-35(4)5)23-16-17-24(19-32-27(30)21-12-8-6-9-13-21)25(18-23)20-33-28(31)22-14-10-7-11-15-22/h6-18,26H,19-20H2,1-5H3. The van der Waals surface area contributed by atoms with Crippen LogP contribution in [0, 0.1) is 5.41 Å². The highest BCUT2D eigenvalue weighted by Gasteiger charge is 2.29. The van der Waals surface area contributed by atoms with E-state index in [9.17, 15) is 9.59 Å². The third-order valence-corrected chi connectivity index (χ3v) is 6.12. The molecule has 3 rings (SSSR count). The van der Waals surface area contributed by atoms with Crippen LogP contribution in [-0.2, 0) is 27.1 Å². The van der Waals surface area contributed by atoms with E-state index in [4.69, 9.17) is 13.9 Å². The molecule has 0 saturated heterocycles. The van der Waals surface area contributed by atoms with Gasteiger partial charge in [0.05, 0.1) is 17.2 Å². The van der Waals surface area contributed by atoms with Gasteiger partial charge in [-0.25, -0.2) is 9.59 Å². The molecule has 0 N–H and O–H groups in total. The molecule has 0 heterocycles. The van der Waals surface area contributed by atoms with Crippen LogP contribution in [0.3, 0.4) is 0 Å². The molecule has 1 radical (unpaired) electrons. The lowest BCUT2D eigenvalue weighted by atomic mass is 9.84. The van der Waals surface area contributed by atoms with Crippen molar-refractivity contribution in [2.24, 2.45) is 5.41 Å². The summed E-state index contributed by atoms with van der Waals surface area (Å²) in [5.41, 5.74) is 3.43. The molecule has 6 heteroatoms. The van der Waals surface area contributed by atoms with Crippen LogP contribution in [0.4, 0.5) is 0 Å². The first-order valence-electron chi connectivity index (χ1n) is 11.7. The third kappa shape index (κ3) is 7.63. The fourth-order valence-electron chi connectivity index (χ4n) is 3.67. The predicted molar refractivity (Wildman–Crippen MR) is 138 cm³/mol. The molecular formula is C29H33O5Si. The quantitative estimate of drug-likeness (QED) is 0.246. The molecular weight excluding hydrogens is 456 g/mol. The van der Waals surface area contributed by atoms with Crippen LogP contribution in [-0.4, -0.2) is 21.0 Å². The number of benzene rings is 3. The van der Waals surface area contributed by atoms with Gasteiger partial charge in [-0.15, -0.1) is 0 Å². The van der Waals surface area contributed by atoms with Crippen molar-refractivity contribution < 1.29 is 23.5 Å². The summed E-state index contributed by atoms with van der Waals surface area (Å²) in [7, 11) is -0.953. The number of hydrogen-bond acceptors (Lipinski definition) is 5. The second kappa shape index (κ2) is 12.0. The number of rotatable bonds is 9. The van der Waals surface area contributed by atoms with E-state index in [0.29, 0.717) is 11.1 Å². The van der Waals surface area contributed by atoms with Gasteiger partial charge in [0, 0.05) is 0 Å². The maximum Gasteiger partial charge on any atom is 0.338 e. The van der Waals surface area contributed by atoms with Gasteiger partial charge in [-0.1, -0.05) is 69.3 Å². The maximum atomic E-state index is 12.6. The molecule has 3 aromatic rings. The molecule has 1 unspecified atom stereocenters. The average Bonchev–Trinajstić information content (AvgIpc) is 2.85. The summed E-state index contributed by atoms with van der Waals surface area (Å²) in [4.78, 5) is 25.1. The van der Waals surface area contributed by atoms with Gasteiger partial charge in [-0.2, -0.15) is 0 Å². The van der Waals surface area contributed by atoms with E-state index in [2.05, 4.69) is 33.9 Å². The van der Waals surface area contributed by atoms with Crippen molar-refractivity contribution in [3.8, 4) is 0 Å². The maximum absolute atomic E-state index is 12.6. The van der Waals surface area contributed by atoms with Gasteiger partial charge in [0.25, 0.3) is 0 Å². The zero-order chi connectivity index (χ0) is 25.4. The minimum atomic E-state index is -0.953. The fraction of sp³-hybridized carbons (Fsp3) is 0.310. The minimum absolute atomic E-state index is 0.0622. The normalized spacial score (nSPS) is 12.3. The molecule has 0 spiro atoms. The van der Waals surface area contributed by atoms with Gasteiger partial charge >= 0.3 is 11.9 Å². The first kappa shape index (κ1) is 26.4. The van der Waals surface area contributed by atoms with E-state index >= 15 is 0 Å². The van der Waals surface area contributed by atoms with Crippen LogP contribution in [0.5, 0.6) is 0 Å². The smallest absolute Gasteiger partial charge is 0.338 e. The zero-order valence-corrected chi connectivity index (χ0v) is 22.0. The van der Waals surface area contributed by atoms with E-state index in [-0.39, 0.29) is 24.7 Å². The molecule has 35 heavy (non-hydrogen) atoms. The molecule has 0 aliphatic rings. The summed E-state index contributed by atoms with van der Waals surface area (Å²) < 4.78 is 17.6. The Hall–Kier alpha value is -3.22. The molecule has 0 amide bonds. The summed E-state index contributed by atoms with van der Waals surface area (Å²) in [6, 6.07) is 23.7. The number of hydrogen-bond donors (Lipinski definition) is 0. The molecule has 0 aliphatic carbocycles. The molecule has 3 aromatic carbocycles. The molecule has 5 nitrogen and oxygen atoms in total. The Kier molecular flexibility index (Phi) is 9.01. The van der Waals surface area contributed by atoms with Crippen LogP contribution < -0.4 is 0 Å². The molecule has 0 bridgehead atoms. The van der Waals surface area contributed by atoms with Gasteiger partial charge in [0.1, 0.15) is 13.2 Å². The lowest BCUT2D eigenvalue weighted by Gasteiger charge is -2.33. The Balaban J connectivity index is 1.86. The van der Waals surface area contributed by atoms with E-state index < -0.39 is 21.0 Å². The van der Waals surface area contributed by atoms with Gasteiger partial charge in [0.15, 0.2) is 0 Å². The molecule has 0 saturated carbocycles. The first-order valence-corrected chi connectivity index (χ1v) is 14.1. The Morgan fingerprint density at radius 3 is 1.69 bits per heavy atom. The van der Waals surface area contributed by atoms with Gasteiger partial charge in [-0.3, -0.25) is 0 Å². The SMILES string of the molecule is C[Si](C)OC(c1ccc(COC(=O)c2ccccc2)c(COC(=O)c2ccccc2)c1)C(C)(C)C. The van der Waals surface area contributed by atoms with Crippen molar-refractivity contribution in [3.05, 3.63) is 107 Å². The number of esters is 2. The van der Waals surface area contributed by atoms with Crippen LogP contribution in [0.1, 0.15) is 64.3 Å². The molecule has 0 aromatic heterocycles. The summed E-state index contributed by atoms with van der Waals surface area (Å²) in [6.45, 7) is 10.8. The predicted octanol–water partition coefficient (Wildman–Crippen LogP) is 6.76. The largest absolute Gasteiger partial charge is 0.457 e. The van der Waals surface area contributed by atoms with Gasteiger partial charge in [-0.05, 0) is 65.5 Å². The highest BCUT2D eigenvalue weighted by atomic mass is 28.3. The average molecular weight is 490 g/mol. The Bertz CT molecular complexity index is 1120. The Morgan fingerprint density at radius 1 is 0.743 bits per heavy atom. The summed E-state index contributed by atoms with van der Waals surface area (Å²) in [5.74, 6) is -0.804.